The molecule has 1 fully saturated rings. The number of hydrogen-bond acceptors (Lipinski definition) is 5. The van der Waals surface area contributed by atoms with E-state index in [1.54, 1.807) is 24.0 Å². The molecule has 2 aliphatic rings. The molecule has 0 aliphatic carbocycles. The lowest BCUT2D eigenvalue weighted by molar-refractivity contribution is -0.119. The first-order valence-corrected chi connectivity index (χ1v) is 11.8. The Balaban J connectivity index is 1.73. The minimum absolute atomic E-state index is 0.0304. The van der Waals surface area contributed by atoms with Crippen molar-refractivity contribution in [1.82, 2.24) is 14.3 Å². The lowest BCUT2D eigenvalue weighted by atomic mass is 10.0. The average molecular weight is 433 g/mol. The van der Waals surface area contributed by atoms with E-state index in [9.17, 15) is 17.6 Å². The molecule has 1 atom stereocenters. The highest BCUT2D eigenvalue weighted by Gasteiger charge is 2.37. The maximum Gasteiger partial charge on any atom is 0.228 e. The summed E-state index contributed by atoms with van der Waals surface area (Å²) in [6.07, 6.45) is 2.32. The van der Waals surface area contributed by atoms with Crippen molar-refractivity contribution in [2.45, 2.75) is 52.1 Å². The van der Waals surface area contributed by atoms with Crippen molar-refractivity contribution in [3.05, 3.63) is 52.7 Å². The molecule has 1 saturated heterocycles. The van der Waals surface area contributed by atoms with Gasteiger partial charge in [-0.15, -0.1) is 0 Å². The van der Waals surface area contributed by atoms with Gasteiger partial charge < -0.3 is 0 Å². The molecular weight excluding hydrogens is 407 g/mol. The zero-order valence-electron chi connectivity index (χ0n) is 17.1. The van der Waals surface area contributed by atoms with E-state index in [0.717, 1.165) is 23.2 Å². The summed E-state index contributed by atoms with van der Waals surface area (Å²) in [6, 6.07) is 5.63. The fourth-order valence-corrected chi connectivity index (χ4v) is 5.51. The Bertz CT molecular complexity index is 1070. The first-order chi connectivity index (χ1) is 14.3. The second kappa shape index (κ2) is 8.03. The summed E-state index contributed by atoms with van der Waals surface area (Å²) < 4.78 is 39.8. The van der Waals surface area contributed by atoms with Gasteiger partial charge in [-0.2, -0.15) is 4.31 Å². The average Bonchev–Trinajstić information content (AvgIpc) is 3.22. The van der Waals surface area contributed by atoms with Gasteiger partial charge in [0, 0.05) is 24.2 Å². The van der Waals surface area contributed by atoms with E-state index in [1.807, 2.05) is 6.92 Å². The van der Waals surface area contributed by atoms with E-state index in [4.69, 9.17) is 4.98 Å². The van der Waals surface area contributed by atoms with Crippen molar-refractivity contribution in [2.75, 3.05) is 17.2 Å². The number of aryl methyl sites for hydroxylation is 1. The SMILES string of the molecule is CCS(=O)(=O)N1CCC[C@H]1c1nc(C)c2c(n1)N(Cc1ccc(F)cc1)C(=O)CC2. The third kappa shape index (κ3) is 3.83. The number of halogens is 1. The number of benzene rings is 1. The molecule has 160 valence electrons. The topological polar surface area (TPSA) is 83.5 Å². The zero-order chi connectivity index (χ0) is 21.5. The van der Waals surface area contributed by atoms with E-state index < -0.39 is 16.1 Å². The highest BCUT2D eigenvalue weighted by Crippen LogP contribution is 2.36. The molecule has 1 aromatic heterocycles. The van der Waals surface area contributed by atoms with Crippen molar-refractivity contribution in [3.63, 3.8) is 0 Å². The van der Waals surface area contributed by atoms with Crippen molar-refractivity contribution >= 4 is 21.7 Å². The second-order valence-electron chi connectivity index (χ2n) is 7.75. The smallest absolute Gasteiger partial charge is 0.228 e. The first-order valence-electron chi connectivity index (χ1n) is 10.2. The fourth-order valence-electron chi connectivity index (χ4n) is 4.18. The maximum atomic E-state index is 13.3. The van der Waals surface area contributed by atoms with Crippen LogP contribution in [0.1, 0.15) is 54.9 Å². The number of hydrogen-bond donors (Lipinski definition) is 0. The highest BCUT2D eigenvalue weighted by atomic mass is 32.2. The van der Waals surface area contributed by atoms with Crippen LogP contribution in [0.2, 0.25) is 0 Å². The standard InChI is InChI=1S/C21H25FN4O3S/c1-3-30(28,29)26-12-4-5-18(26)20-23-14(2)17-10-11-19(27)25(21(17)24-20)13-15-6-8-16(22)9-7-15/h6-9,18H,3-5,10-13H2,1-2H3/t18-/m0/s1. The Morgan fingerprint density at radius 1 is 1.17 bits per heavy atom. The fraction of sp³-hybridized carbons (Fsp3) is 0.476. The molecule has 30 heavy (non-hydrogen) atoms. The van der Waals surface area contributed by atoms with Crippen LogP contribution >= 0.6 is 0 Å². The Morgan fingerprint density at radius 3 is 2.60 bits per heavy atom. The predicted molar refractivity (Wildman–Crippen MR) is 111 cm³/mol. The number of carbonyl (C=O) groups is 1. The van der Waals surface area contributed by atoms with E-state index in [0.29, 0.717) is 37.4 Å². The van der Waals surface area contributed by atoms with Crippen molar-refractivity contribution < 1.29 is 17.6 Å². The number of aromatic nitrogens is 2. The number of carbonyl (C=O) groups excluding carboxylic acids is 1. The molecule has 4 rings (SSSR count). The van der Waals surface area contributed by atoms with E-state index >= 15 is 0 Å². The molecule has 0 unspecified atom stereocenters. The summed E-state index contributed by atoms with van der Waals surface area (Å²) in [5.41, 5.74) is 2.47. The summed E-state index contributed by atoms with van der Waals surface area (Å²) in [5.74, 6) is 0.629. The first kappa shape index (κ1) is 20.9. The zero-order valence-corrected chi connectivity index (χ0v) is 18.0. The minimum atomic E-state index is -3.37. The predicted octanol–water partition coefficient (Wildman–Crippen LogP) is 2.89. The van der Waals surface area contributed by atoms with Crippen LogP contribution in [0.15, 0.2) is 24.3 Å². The van der Waals surface area contributed by atoms with Gasteiger partial charge in [0.15, 0.2) is 0 Å². The molecule has 0 N–H and O–H groups in total. The Labute approximate surface area is 176 Å². The quantitative estimate of drug-likeness (QED) is 0.726. The van der Waals surface area contributed by atoms with Crippen LogP contribution in [-0.4, -0.2) is 40.9 Å². The number of sulfonamides is 1. The second-order valence-corrected chi connectivity index (χ2v) is 9.96. The monoisotopic (exact) mass is 432 g/mol. The van der Waals surface area contributed by atoms with Crippen molar-refractivity contribution in [2.24, 2.45) is 0 Å². The molecular formula is C21H25FN4O3S. The lowest BCUT2D eigenvalue weighted by Crippen LogP contribution is -2.37. The summed E-state index contributed by atoms with van der Waals surface area (Å²) in [4.78, 5) is 23.7. The van der Waals surface area contributed by atoms with Gasteiger partial charge in [0.25, 0.3) is 0 Å². The third-order valence-corrected chi connectivity index (χ3v) is 7.71. The molecule has 2 aliphatic heterocycles. The Kier molecular flexibility index (Phi) is 5.59. The molecule has 0 bridgehead atoms. The number of anilines is 1. The van der Waals surface area contributed by atoms with Gasteiger partial charge in [0.05, 0.1) is 18.3 Å². The van der Waals surface area contributed by atoms with Gasteiger partial charge >= 0.3 is 0 Å². The summed E-state index contributed by atoms with van der Waals surface area (Å²) >= 11 is 0. The molecule has 1 aromatic carbocycles. The van der Waals surface area contributed by atoms with Crippen LogP contribution in [0.3, 0.4) is 0 Å². The van der Waals surface area contributed by atoms with E-state index in [-0.39, 0.29) is 24.0 Å². The van der Waals surface area contributed by atoms with Gasteiger partial charge in [0.2, 0.25) is 15.9 Å². The minimum Gasteiger partial charge on any atom is -0.292 e. The van der Waals surface area contributed by atoms with Gasteiger partial charge in [-0.3, -0.25) is 9.69 Å². The van der Waals surface area contributed by atoms with Gasteiger partial charge in [-0.25, -0.2) is 22.8 Å². The maximum absolute atomic E-state index is 13.3. The highest BCUT2D eigenvalue weighted by molar-refractivity contribution is 7.89. The molecule has 2 aromatic rings. The Hall–Kier alpha value is -2.39. The molecule has 1 amide bonds. The molecule has 9 heteroatoms. The van der Waals surface area contributed by atoms with Crippen LogP contribution in [0.5, 0.6) is 0 Å². The van der Waals surface area contributed by atoms with Crippen molar-refractivity contribution in [1.29, 1.82) is 0 Å². The van der Waals surface area contributed by atoms with Crippen LogP contribution in [-0.2, 0) is 27.8 Å². The van der Waals surface area contributed by atoms with E-state index in [1.165, 1.54) is 16.4 Å². The molecule has 0 radical (unpaired) electrons. The van der Waals surface area contributed by atoms with Crippen LogP contribution < -0.4 is 4.90 Å². The number of nitrogens with zero attached hydrogens (tertiary/aromatic N) is 4. The van der Waals surface area contributed by atoms with Crippen molar-refractivity contribution in [3.8, 4) is 0 Å². The van der Waals surface area contributed by atoms with Gasteiger partial charge in [-0.05, 0) is 50.8 Å². The molecule has 3 heterocycles. The normalized spacial score (nSPS) is 19.9. The van der Waals surface area contributed by atoms with E-state index in [2.05, 4.69) is 4.98 Å². The summed E-state index contributed by atoms with van der Waals surface area (Å²) in [6.45, 7) is 4.25. The summed E-state index contributed by atoms with van der Waals surface area (Å²) in [5, 5.41) is 0. The third-order valence-electron chi connectivity index (χ3n) is 5.83. The molecule has 7 nitrogen and oxygen atoms in total. The Morgan fingerprint density at radius 2 is 1.90 bits per heavy atom. The lowest BCUT2D eigenvalue weighted by Gasteiger charge is -2.31. The number of amides is 1. The number of fused-ring (bicyclic) bond motifs is 1. The van der Waals surface area contributed by atoms with Gasteiger partial charge in [-0.1, -0.05) is 12.1 Å². The van der Waals surface area contributed by atoms with Gasteiger partial charge in [0.1, 0.15) is 17.5 Å². The van der Waals surface area contributed by atoms with Crippen LogP contribution in [0.4, 0.5) is 10.2 Å². The molecule has 0 spiro atoms. The largest absolute Gasteiger partial charge is 0.292 e. The number of rotatable bonds is 5. The molecule has 0 saturated carbocycles. The van der Waals surface area contributed by atoms with Crippen LogP contribution in [0.25, 0.3) is 0 Å². The van der Waals surface area contributed by atoms with Crippen LogP contribution in [0, 0.1) is 12.7 Å². The summed E-state index contributed by atoms with van der Waals surface area (Å²) in [7, 11) is -3.37.